The third kappa shape index (κ3) is 7.69. The van der Waals surface area contributed by atoms with E-state index in [1.165, 1.54) is 9.21 Å². The van der Waals surface area contributed by atoms with Gasteiger partial charge in [0, 0.05) is 12.6 Å². The van der Waals surface area contributed by atoms with E-state index in [9.17, 15) is 18.0 Å². The lowest BCUT2D eigenvalue weighted by atomic mass is 10.1. The molecule has 0 saturated carbocycles. The molecule has 0 aromatic heterocycles. The highest BCUT2D eigenvalue weighted by atomic mass is 32.2. The molecule has 7 nitrogen and oxygen atoms in total. The van der Waals surface area contributed by atoms with Crippen molar-refractivity contribution in [3.8, 4) is 0 Å². The Morgan fingerprint density at radius 3 is 2.08 bits per heavy atom. The Balaban J connectivity index is 2.02. The lowest BCUT2D eigenvalue weighted by Gasteiger charge is -2.33. The van der Waals surface area contributed by atoms with Crippen LogP contribution in [0.4, 0.5) is 5.69 Å². The number of nitrogens with zero attached hydrogens (tertiary/aromatic N) is 2. The molecule has 0 radical (unpaired) electrons. The number of aryl methyl sites for hydroxylation is 3. The second kappa shape index (κ2) is 12.9. The molecular weight excluding hydrogens is 510 g/mol. The summed E-state index contributed by atoms with van der Waals surface area (Å²) in [4.78, 5) is 28.5. The summed E-state index contributed by atoms with van der Waals surface area (Å²) >= 11 is 0. The number of carbonyl (C=O) groups excluding carboxylic acids is 2. The number of anilines is 1. The van der Waals surface area contributed by atoms with Gasteiger partial charge in [-0.25, -0.2) is 8.42 Å². The molecule has 0 aliphatic carbocycles. The van der Waals surface area contributed by atoms with Crippen LogP contribution in [0.25, 0.3) is 0 Å². The summed E-state index contributed by atoms with van der Waals surface area (Å²) in [5, 5.41) is 2.87. The second-order valence-corrected chi connectivity index (χ2v) is 12.1. The third-order valence-electron chi connectivity index (χ3n) is 6.60. The Bertz CT molecular complexity index is 1390. The first-order valence-corrected chi connectivity index (χ1v) is 14.6. The molecule has 0 saturated heterocycles. The molecule has 1 atom stereocenters. The Morgan fingerprint density at radius 1 is 0.846 bits per heavy atom. The van der Waals surface area contributed by atoms with Gasteiger partial charge in [0.15, 0.2) is 0 Å². The van der Waals surface area contributed by atoms with Crippen LogP contribution in [0.2, 0.25) is 0 Å². The molecule has 0 heterocycles. The van der Waals surface area contributed by atoms with Crippen LogP contribution in [-0.2, 0) is 26.0 Å². The van der Waals surface area contributed by atoms with E-state index in [1.807, 2.05) is 77.1 Å². The number of hydrogen-bond donors (Lipinski definition) is 1. The molecule has 0 bridgehead atoms. The fraction of sp³-hybridized carbons (Fsp3) is 0.355. The zero-order valence-electron chi connectivity index (χ0n) is 23.6. The summed E-state index contributed by atoms with van der Waals surface area (Å²) in [7, 11) is -4.09. The molecule has 208 valence electrons. The van der Waals surface area contributed by atoms with Gasteiger partial charge in [-0.15, -0.1) is 0 Å². The molecule has 0 fully saturated rings. The van der Waals surface area contributed by atoms with Gasteiger partial charge < -0.3 is 10.2 Å². The van der Waals surface area contributed by atoms with Crippen LogP contribution in [0.1, 0.15) is 43.0 Å². The SMILES string of the molecule is Cc1ccc(S(=O)(=O)N(CC(=O)N(CCc2ccccc2)[C@H](C)C(=O)NC(C)C)c2cc(C)ccc2C)cc1. The molecule has 8 heteroatoms. The van der Waals surface area contributed by atoms with E-state index in [0.29, 0.717) is 12.1 Å². The van der Waals surface area contributed by atoms with Gasteiger partial charge >= 0.3 is 0 Å². The normalized spacial score (nSPS) is 12.2. The van der Waals surface area contributed by atoms with Crippen molar-refractivity contribution in [2.75, 3.05) is 17.4 Å². The van der Waals surface area contributed by atoms with Gasteiger partial charge in [-0.2, -0.15) is 0 Å². The number of amides is 2. The summed E-state index contributed by atoms with van der Waals surface area (Å²) in [5.41, 5.74) is 3.99. The molecule has 0 aliphatic rings. The van der Waals surface area contributed by atoms with Gasteiger partial charge in [-0.05, 0) is 82.9 Å². The van der Waals surface area contributed by atoms with Gasteiger partial charge in [-0.3, -0.25) is 13.9 Å². The minimum atomic E-state index is -4.09. The van der Waals surface area contributed by atoms with E-state index in [4.69, 9.17) is 0 Å². The maximum Gasteiger partial charge on any atom is 0.264 e. The number of rotatable bonds is 11. The minimum absolute atomic E-state index is 0.0978. The van der Waals surface area contributed by atoms with Crippen molar-refractivity contribution in [2.24, 2.45) is 0 Å². The van der Waals surface area contributed by atoms with Crippen molar-refractivity contribution in [3.05, 3.63) is 95.1 Å². The maximum atomic E-state index is 14.0. The van der Waals surface area contributed by atoms with Crippen LogP contribution in [0.5, 0.6) is 0 Å². The highest BCUT2D eigenvalue weighted by molar-refractivity contribution is 7.92. The maximum absolute atomic E-state index is 14.0. The van der Waals surface area contributed by atoms with Gasteiger partial charge in [0.2, 0.25) is 11.8 Å². The molecule has 3 aromatic carbocycles. The third-order valence-corrected chi connectivity index (χ3v) is 8.38. The average molecular weight is 550 g/mol. The summed E-state index contributed by atoms with van der Waals surface area (Å²) in [5.74, 6) is -0.736. The van der Waals surface area contributed by atoms with Crippen LogP contribution in [-0.4, -0.2) is 50.3 Å². The van der Waals surface area contributed by atoms with Crippen molar-refractivity contribution in [3.63, 3.8) is 0 Å². The Morgan fingerprint density at radius 2 is 1.46 bits per heavy atom. The number of carbonyl (C=O) groups is 2. The predicted molar refractivity (Wildman–Crippen MR) is 156 cm³/mol. The average Bonchev–Trinajstić information content (AvgIpc) is 2.89. The van der Waals surface area contributed by atoms with Gasteiger partial charge in [0.05, 0.1) is 10.6 Å². The van der Waals surface area contributed by atoms with Crippen LogP contribution < -0.4 is 9.62 Å². The fourth-order valence-electron chi connectivity index (χ4n) is 4.31. The first-order chi connectivity index (χ1) is 18.4. The highest BCUT2D eigenvalue weighted by Gasteiger charge is 2.33. The molecule has 0 aliphatic heterocycles. The smallest absolute Gasteiger partial charge is 0.264 e. The minimum Gasteiger partial charge on any atom is -0.352 e. The van der Waals surface area contributed by atoms with Crippen molar-refractivity contribution in [1.82, 2.24) is 10.2 Å². The van der Waals surface area contributed by atoms with Crippen LogP contribution in [0.3, 0.4) is 0 Å². The molecule has 3 rings (SSSR count). The van der Waals surface area contributed by atoms with Gasteiger partial charge in [0.25, 0.3) is 10.0 Å². The van der Waals surface area contributed by atoms with Gasteiger partial charge in [-0.1, -0.05) is 60.2 Å². The monoisotopic (exact) mass is 549 g/mol. The topological polar surface area (TPSA) is 86.8 Å². The van der Waals surface area contributed by atoms with Crippen LogP contribution >= 0.6 is 0 Å². The second-order valence-electron chi connectivity index (χ2n) is 10.3. The summed E-state index contributed by atoms with van der Waals surface area (Å²) in [6.45, 7) is 10.8. The lowest BCUT2D eigenvalue weighted by molar-refractivity contribution is -0.139. The van der Waals surface area contributed by atoms with E-state index in [1.54, 1.807) is 37.3 Å². The predicted octanol–water partition coefficient (Wildman–Crippen LogP) is 4.79. The highest BCUT2D eigenvalue weighted by Crippen LogP contribution is 2.28. The summed E-state index contributed by atoms with van der Waals surface area (Å²) < 4.78 is 29.1. The molecule has 39 heavy (non-hydrogen) atoms. The Kier molecular flexibility index (Phi) is 9.92. The van der Waals surface area contributed by atoms with Crippen molar-refractivity contribution < 1.29 is 18.0 Å². The van der Waals surface area contributed by atoms with E-state index in [-0.39, 0.29) is 23.4 Å². The number of hydrogen-bond acceptors (Lipinski definition) is 4. The standard InChI is InChI=1S/C31H39N3O4S/c1-22(2)32-31(36)26(6)33(19-18-27-10-8-7-9-11-27)30(35)21-34(29-20-24(4)12-15-25(29)5)39(37,38)28-16-13-23(3)14-17-28/h7-17,20,22,26H,18-19,21H2,1-6H3,(H,32,36)/t26-/m1/s1. The molecule has 0 spiro atoms. The molecule has 0 unspecified atom stereocenters. The molecule has 2 amide bonds. The molecular formula is C31H39N3O4S. The fourth-order valence-corrected chi connectivity index (χ4v) is 5.78. The molecule has 3 aromatic rings. The zero-order valence-corrected chi connectivity index (χ0v) is 24.5. The van der Waals surface area contributed by atoms with E-state index >= 15 is 0 Å². The molecule has 1 N–H and O–H groups in total. The van der Waals surface area contributed by atoms with Gasteiger partial charge in [0.1, 0.15) is 12.6 Å². The largest absolute Gasteiger partial charge is 0.352 e. The lowest BCUT2D eigenvalue weighted by Crippen LogP contribution is -2.53. The summed E-state index contributed by atoms with van der Waals surface area (Å²) in [6, 6.07) is 20.9. The first-order valence-electron chi connectivity index (χ1n) is 13.2. The van der Waals surface area contributed by atoms with Crippen molar-refractivity contribution >= 4 is 27.5 Å². The van der Waals surface area contributed by atoms with Crippen molar-refractivity contribution in [2.45, 2.75) is 64.9 Å². The Labute approximate surface area is 232 Å². The zero-order chi connectivity index (χ0) is 28.7. The van der Waals surface area contributed by atoms with E-state index < -0.39 is 28.5 Å². The number of benzene rings is 3. The Hall–Kier alpha value is -3.65. The van der Waals surface area contributed by atoms with Crippen LogP contribution in [0.15, 0.2) is 77.7 Å². The first kappa shape index (κ1) is 29.9. The van der Waals surface area contributed by atoms with E-state index in [2.05, 4.69) is 5.32 Å². The van der Waals surface area contributed by atoms with Crippen LogP contribution in [0, 0.1) is 20.8 Å². The quantitative estimate of drug-likeness (QED) is 0.373. The number of sulfonamides is 1. The van der Waals surface area contributed by atoms with E-state index in [0.717, 1.165) is 22.3 Å². The van der Waals surface area contributed by atoms with Crippen molar-refractivity contribution in [1.29, 1.82) is 0 Å². The summed E-state index contributed by atoms with van der Waals surface area (Å²) in [6.07, 6.45) is 0.528. The number of nitrogens with one attached hydrogen (secondary N) is 1.